The first-order valence-corrected chi connectivity index (χ1v) is 5.27. The number of aliphatic carboxylic acids is 1. The number of rotatable bonds is 7. The molecule has 1 aromatic heterocycles. The van der Waals surface area contributed by atoms with Crippen molar-refractivity contribution in [3.63, 3.8) is 0 Å². The lowest BCUT2D eigenvalue weighted by atomic mass is 10.1. The molecule has 0 aliphatic heterocycles. The van der Waals surface area contributed by atoms with E-state index in [1.54, 1.807) is 7.05 Å². The van der Waals surface area contributed by atoms with Crippen LogP contribution in [0.25, 0.3) is 0 Å². The molecule has 1 amide bonds. The number of aromatic nitrogens is 2. The van der Waals surface area contributed by atoms with Crippen LogP contribution < -0.4 is 10.6 Å². The Morgan fingerprint density at radius 3 is 2.88 bits per heavy atom. The first-order valence-electron chi connectivity index (χ1n) is 5.27. The topological polar surface area (TPSA) is 107 Å². The van der Waals surface area contributed by atoms with E-state index in [9.17, 15) is 9.59 Å². The van der Waals surface area contributed by atoms with Crippen molar-refractivity contribution < 1.29 is 14.7 Å². The predicted octanol–water partition coefficient (Wildman–Crippen LogP) is -0.869. The zero-order valence-electron chi connectivity index (χ0n) is 9.56. The van der Waals surface area contributed by atoms with Gasteiger partial charge in [-0.3, -0.25) is 4.79 Å². The summed E-state index contributed by atoms with van der Waals surface area (Å²) in [6.07, 6.45) is 3.46. The largest absolute Gasteiger partial charge is 0.480 e. The number of hydrogen-bond acceptors (Lipinski definition) is 4. The molecule has 1 rings (SSSR count). The number of imidazole rings is 1. The average Bonchev–Trinajstić information content (AvgIpc) is 2.78. The maximum atomic E-state index is 11.4. The Balaban J connectivity index is 2.49. The first kappa shape index (κ1) is 13.2. The van der Waals surface area contributed by atoms with Crippen LogP contribution in [0.2, 0.25) is 0 Å². The number of carboxylic acids is 1. The zero-order valence-corrected chi connectivity index (χ0v) is 9.56. The monoisotopic (exact) mass is 240 g/mol. The van der Waals surface area contributed by atoms with Crippen molar-refractivity contribution in [1.82, 2.24) is 20.6 Å². The molecule has 0 spiro atoms. The molecule has 1 heterocycles. The lowest BCUT2D eigenvalue weighted by Crippen LogP contribution is -2.43. The van der Waals surface area contributed by atoms with E-state index in [0.29, 0.717) is 12.2 Å². The van der Waals surface area contributed by atoms with Crippen LogP contribution in [0, 0.1) is 0 Å². The molecule has 0 saturated heterocycles. The van der Waals surface area contributed by atoms with Gasteiger partial charge in [-0.15, -0.1) is 0 Å². The Morgan fingerprint density at radius 2 is 2.35 bits per heavy atom. The summed E-state index contributed by atoms with van der Waals surface area (Å²) in [4.78, 5) is 29.0. The lowest BCUT2D eigenvalue weighted by Gasteiger charge is -2.13. The fourth-order valence-corrected chi connectivity index (χ4v) is 1.32. The minimum Gasteiger partial charge on any atom is -0.480 e. The Morgan fingerprint density at radius 1 is 1.59 bits per heavy atom. The molecule has 7 nitrogen and oxygen atoms in total. The summed E-state index contributed by atoms with van der Waals surface area (Å²) in [5.74, 6) is -1.34. The molecule has 0 radical (unpaired) electrons. The van der Waals surface area contributed by atoms with Crippen LogP contribution in [0.5, 0.6) is 0 Å². The van der Waals surface area contributed by atoms with Crippen molar-refractivity contribution in [3.05, 3.63) is 18.2 Å². The summed E-state index contributed by atoms with van der Waals surface area (Å²) < 4.78 is 0. The van der Waals surface area contributed by atoms with Crippen LogP contribution in [0.1, 0.15) is 12.1 Å². The molecule has 1 atom stereocenters. The molecular formula is C10H16N4O3. The molecule has 0 aromatic carbocycles. The summed E-state index contributed by atoms with van der Waals surface area (Å²) in [6, 6.07) is -0.931. The maximum absolute atomic E-state index is 11.4. The van der Waals surface area contributed by atoms with Crippen LogP contribution >= 0.6 is 0 Å². The van der Waals surface area contributed by atoms with Crippen LogP contribution in [0.3, 0.4) is 0 Å². The quantitative estimate of drug-likeness (QED) is 0.495. The fraction of sp³-hybridized carbons (Fsp3) is 0.500. The number of aromatic amines is 1. The maximum Gasteiger partial charge on any atom is 0.326 e. The summed E-state index contributed by atoms with van der Waals surface area (Å²) >= 11 is 0. The Bertz CT molecular complexity index is 364. The lowest BCUT2D eigenvalue weighted by molar-refractivity contribution is -0.141. The minimum atomic E-state index is -1.06. The molecule has 0 bridgehead atoms. The van der Waals surface area contributed by atoms with Crippen LogP contribution in [-0.2, 0) is 16.0 Å². The molecule has 4 N–H and O–H groups in total. The standard InChI is InChI=1S/C10H16N4O3/c1-11-3-2-9(15)14-8(10(16)17)4-7-5-12-6-13-7/h5-6,8,11H,2-4H2,1H3,(H,12,13)(H,14,15)(H,16,17). The van der Waals surface area contributed by atoms with Gasteiger partial charge >= 0.3 is 5.97 Å². The molecule has 7 heteroatoms. The highest BCUT2D eigenvalue weighted by Crippen LogP contribution is 1.99. The van der Waals surface area contributed by atoms with Gasteiger partial charge < -0.3 is 20.7 Å². The van der Waals surface area contributed by atoms with Crippen molar-refractivity contribution in [1.29, 1.82) is 0 Å². The van der Waals surface area contributed by atoms with Gasteiger partial charge in [-0.05, 0) is 7.05 Å². The second-order valence-corrected chi connectivity index (χ2v) is 3.59. The number of carboxylic acid groups (broad SMARTS) is 1. The van der Waals surface area contributed by atoms with E-state index in [2.05, 4.69) is 20.6 Å². The second kappa shape index (κ2) is 6.64. The summed E-state index contributed by atoms with van der Waals surface area (Å²) in [6.45, 7) is 0.516. The van der Waals surface area contributed by atoms with Gasteiger partial charge in [-0.2, -0.15) is 0 Å². The van der Waals surface area contributed by atoms with E-state index in [0.717, 1.165) is 0 Å². The van der Waals surface area contributed by atoms with E-state index in [4.69, 9.17) is 5.11 Å². The number of carbonyl (C=O) groups is 2. The molecule has 94 valence electrons. The Labute approximate surface area is 98.6 Å². The van der Waals surface area contributed by atoms with E-state index in [1.807, 2.05) is 0 Å². The van der Waals surface area contributed by atoms with Gasteiger partial charge in [0.2, 0.25) is 5.91 Å². The summed E-state index contributed by atoms with van der Waals surface area (Å²) in [5.41, 5.74) is 0.673. The number of nitrogens with zero attached hydrogens (tertiary/aromatic N) is 1. The summed E-state index contributed by atoms with van der Waals surface area (Å²) in [5, 5.41) is 14.3. The predicted molar refractivity (Wildman–Crippen MR) is 60.4 cm³/mol. The number of carbonyl (C=O) groups excluding carboxylic acids is 1. The molecule has 0 fully saturated rings. The van der Waals surface area contributed by atoms with Crippen molar-refractivity contribution in [2.45, 2.75) is 18.9 Å². The van der Waals surface area contributed by atoms with Gasteiger partial charge in [-0.25, -0.2) is 9.78 Å². The molecule has 0 saturated carbocycles. The van der Waals surface area contributed by atoms with Crippen molar-refractivity contribution in [2.75, 3.05) is 13.6 Å². The second-order valence-electron chi connectivity index (χ2n) is 3.59. The average molecular weight is 240 g/mol. The van der Waals surface area contributed by atoms with Crippen molar-refractivity contribution in [3.8, 4) is 0 Å². The highest BCUT2D eigenvalue weighted by molar-refractivity contribution is 5.83. The number of nitrogens with one attached hydrogen (secondary N) is 3. The molecule has 0 aliphatic rings. The van der Waals surface area contributed by atoms with Gasteiger partial charge in [0.15, 0.2) is 0 Å². The van der Waals surface area contributed by atoms with Crippen molar-refractivity contribution in [2.24, 2.45) is 0 Å². The third-order valence-corrected chi connectivity index (χ3v) is 2.21. The zero-order chi connectivity index (χ0) is 12.7. The number of hydrogen-bond donors (Lipinski definition) is 4. The molecular weight excluding hydrogens is 224 g/mol. The van der Waals surface area contributed by atoms with Crippen LogP contribution in [-0.4, -0.2) is 46.6 Å². The molecule has 17 heavy (non-hydrogen) atoms. The fourth-order valence-electron chi connectivity index (χ4n) is 1.32. The highest BCUT2D eigenvalue weighted by atomic mass is 16.4. The van der Waals surface area contributed by atoms with E-state index in [1.165, 1.54) is 12.5 Å². The molecule has 1 unspecified atom stereocenters. The van der Waals surface area contributed by atoms with Crippen molar-refractivity contribution >= 4 is 11.9 Å². The normalized spacial score (nSPS) is 12.1. The summed E-state index contributed by atoms with van der Waals surface area (Å²) in [7, 11) is 1.73. The number of H-pyrrole nitrogens is 1. The third-order valence-electron chi connectivity index (χ3n) is 2.21. The first-order chi connectivity index (χ1) is 8.13. The van der Waals surface area contributed by atoms with Gasteiger partial charge in [-0.1, -0.05) is 0 Å². The van der Waals surface area contributed by atoms with E-state index in [-0.39, 0.29) is 18.7 Å². The van der Waals surface area contributed by atoms with Crippen LogP contribution in [0.4, 0.5) is 0 Å². The van der Waals surface area contributed by atoms with Gasteiger partial charge in [0.05, 0.1) is 6.33 Å². The Kier molecular flexibility index (Phi) is 5.15. The van der Waals surface area contributed by atoms with E-state index < -0.39 is 12.0 Å². The van der Waals surface area contributed by atoms with Crippen LogP contribution in [0.15, 0.2) is 12.5 Å². The third kappa shape index (κ3) is 4.64. The molecule has 1 aromatic rings. The Hall–Kier alpha value is -1.89. The van der Waals surface area contributed by atoms with Gasteiger partial charge in [0.1, 0.15) is 6.04 Å². The smallest absolute Gasteiger partial charge is 0.326 e. The number of amides is 1. The minimum absolute atomic E-state index is 0.195. The van der Waals surface area contributed by atoms with Gasteiger partial charge in [0, 0.05) is 31.3 Å². The SMILES string of the molecule is CNCCC(=O)NC(Cc1cnc[nH]1)C(=O)O. The van der Waals surface area contributed by atoms with Gasteiger partial charge in [0.25, 0.3) is 0 Å². The molecule has 0 aliphatic carbocycles. The van der Waals surface area contributed by atoms with E-state index >= 15 is 0 Å². The highest BCUT2D eigenvalue weighted by Gasteiger charge is 2.20.